The van der Waals surface area contributed by atoms with Crippen LogP contribution in [0.5, 0.6) is 0 Å². The van der Waals surface area contributed by atoms with Crippen molar-refractivity contribution in [1.29, 1.82) is 0 Å². The minimum atomic E-state index is 0.389. The molecule has 1 atom stereocenters. The Balaban J connectivity index is 1.71. The van der Waals surface area contributed by atoms with Gasteiger partial charge in [-0.15, -0.1) is 11.3 Å². The quantitative estimate of drug-likeness (QED) is 0.857. The number of thiophene rings is 1. The molecule has 7 heteroatoms. The van der Waals surface area contributed by atoms with Crippen molar-refractivity contribution in [3.8, 4) is 10.7 Å². The van der Waals surface area contributed by atoms with Crippen LogP contribution in [0.25, 0.3) is 10.7 Å². The van der Waals surface area contributed by atoms with Crippen LogP contribution in [-0.4, -0.2) is 40.8 Å². The molecule has 0 amide bonds. The summed E-state index contributed by atoms with van der Waals surface area (Å²) >= 11 is 5.03. The molecule has 0 spiro atoms. The number of aromatic nitrogens is 2. The zero-order chi connectivity index (χ0) is 13.2. The van der Waals surface area contributed by atoms with Crippen LogP contribution in [0.4, 0.5) is 0 Å². The summed E-state index contributed by atoms with van der Waals surface area (Å²) in [7, 11) is 0. The van der Waals surface area contributed by atoms with Crippen LogP contribution in [-0.2, 0) is 11.3 Å². The van der Waals surface area contributed by atoms with Crippen LogP contribution in [0.2, 0.25) is 0 Å². The molecule has 19 heavy (non-hydrogen) atoms. The number of morpholine rings is 1. The van der Waals surface area contributed by atoms with Crippen LogP contribution in [0, 0.1) is 0 Å². The van der Waals surface area contributed by atoms with E-state index in [0.29, 0.717) is 24.3 Å². The molecule has 0 aliphatic carbocycles. The lowest BCUT2D eigenvalue weighted by atomic mass is 10.2. The molecule has 0 aromatic carbocycles. The van der Waals surface area contributed by atoms with Gasteiger partial charge in [-0.1, -0.05) is 5.16 Å². The Morgan fingerprint density at radius 3 is 3.16 bits per heavy atom. The van der Waals surface area contributed by atoms with Gasteiger partial charge in [0.1, 0.15) is 0 Å². The van der Waals surface area contributed by atoms with Crippen molar-refractivity contribution in [3.05, 3.63) is 21.8 Å². The first-order chi connectivity index (χ1) is 9.22. The lowest BCUT2D eigenvalue weighted by Gasteiger charge is -2.31. The number of halogens is 1. The van der Waals surface area contributed by atoms with Gasteiger partial charge in [-0.2, -0.15) is 4.98 Å². The minimum absolute atomic E-state index is 0.389. The first-order valence-electron chi connectivity index (χ1n) is 6.12. The zero-order valence-corrected chi connectivity index (χ0v) is 12.9. The fraction of sp³-hybridized carbons (Fsp3) is 0.500. The average molecular weight is 344 g/mol. The van der Waals surface area contributed by atoms with E-state index < -0.39 is 0 Å². The van der Waals surface area contributed by atoms with Gasteiger partial charge >= 0.3 is 0 Å². The van der Waals surface area contributed by atoms with Crippen molar-refractivity contribution < 1.29 is 9.26 Å². The summed E-state index contributed by atoms with van der Waals surface area (Å²) in [5.41, 5.74) is 0. The lowest BCUT2D eigenvalue weighted by Crippen LogP contribution is -2.42. The van der Waals surface area contributed by atoms with Gasteiger partial charge in [-0.25, -0.2) is 0 Å². The summed E-state index contributed by atoms with van der Waals surface area (Å²) in [6.45, 7) is 5.27. The highest BCUT2D eigenvalue weighted by atomic mass is 79.9. The highest BCUT2D eigenvalue weighted by Gasteiger charge is 2.21. The Morgan fingerprint density at radius 1 is 1.53 bits per heavy atom. The maximum absolute atomic E-state index is 5.42. The van der Waals surface area contributed by atoms with Gasteiger partial charge in [-0.3, -0.25) is 4.90 Å². The average Bonchev–Trinajstić information content (AvgIpc) is 3.01. The Hall–Kier alpha value is -0.760. The molecule has 1 saturated heterocycles. The predicted molar refractivity (Wildman–Crippen MR) is 76.0 cm³/mol. The van der Waals surface area contributed by atoms with E-state index in [-0.39, 0.29) is 0 Å². The number of hydrogen-bond acceptors (Lipinski definition) is 6. The van der Waals surface area contributed by atoms with E-state index in [1.54, 1.807) is 11.3 Å². The third-order valence-corrected chi connectivity index (χ3v) is 4.72. The molecule has 0 unspecified atom stereocenters. The number of hydrogen-bond donors (Lipinski definition) is 0. The van der Waals surface area contributed by atoms with E-state index in [0.717, 1.165) is 28.4 Å². The monoisotopic (exact) mass is 343 g/mol. The van der Waals surface area contributed by atoms with E-state index in [2.05, 4.69) is 37.9 Å². The molecule has 5 nitrogen and oxygen atoms in total. The van der Waals surface area contributed by atoms with Crippen molar-refractivity contribution in [2.75, 3.05) is 19.8 Å². The Labute approximate surface area is 123 Å². The van der Waals surface area contributed by atoms with Gasteiger partial charge in [0.2, 0.25) is 11.7 Å². The van der Waals surface area contributed by atoms with Crippen molar-refractivity contribution in [1.82, 2.24) is 15.0 Å². The summed E-state index contributed by atoms with van der Waals surface area (Å²) < 4.78 is 11.8. The van der Waals surface area contributed by atoms with Gasteiger partial charge < -0.3 is 9.26 Å². The van der Waals surface area contributed by atoms with Crippen LogP contribution in [0.3, 0.4) is 0 Å². The van der Waals surface area contributed by atoms with Crippen LogP contribution in [0.15, 0.2) is 20.4 Å². The molecule has 1 aliphatic rings. The topological polar surface area (TPSA) is 51.4 Å². The molecule has 102 valence electrons. The molecule has 0 bridgehead atoms. The Kier molecular flexibility index (Phi) is 3.97. The molecule has 2 aromatic rings. The van der Waals surface area contributed by atoms with Crippen molar-refractivity contribution in [2.45, 2.75) is 19.5 Å². The highest BCUT2D eigenvalue weighted by Crippen LogP contribution is 2.29. The summed E-state index contributed by atoms with van der Waals surface area (Å²) in [6.07, 6.45) is 0. The smallest absolute Gasteiger partial charge is 0.241 e. The SMILES string of the molecule is C[C@@H]1COCCN1Cc1nc(-c2ccc(Br)s2)no1. The Morgan fingerprint density at radius 2 is 2.42 bits per heavy atom. The Bertz CT molecular complexity index is 557. The third-order valence-electron chi connectivity index (χ3n) is 3.11. The van der Waals surface area contributed by atoms with E-state index in [9.17, 15) is 0 Å². The van der Waals surface area contributed by atoms with Crippen LogP contribution >= 0.6 is 27.3 Å². The number of ether oxygens (including phenoxy) is 1. The fourth-order valence-electron chi connectivity index (χ4n) is 2.02. The van der Waals surface area contributed by atoms with Gasteiger partial charge in [0.05, 0.1) is 28.4 Å². The normalized spacial score (nSPS) is 20.8. The van der Waals surface area contributed by atoms with E-state index >= 15 is 0 Å². The summed E-state index contributed by atoms with van der Waals surface area (Å²) in [5.74, 6) is 1.32. The van der Waals surface area contributed by atoms with Crippen LogP contribution in [0.1, 0.15) is 12.8 Å². The zero-order valence-electron chi connectivity index (χ0n) is 10.5. The molecule has 3 rings (SSSR count). The molecule has 0 N–H and O–H groups in total. The van der Waals surface area contributed by atoms with Crippen LogP contribution < -0.4 is 0 Å². The largest absolute Gasteiger partial charge is 0.379 e. The molecule has 0 saturated carbocycles. The molecule has 1 aliphatic heterocycles. The second-order valence-electron chi connectivity index (χ2n) is 4.51. The second-order valence-corrected chi connectivity index (χ2v) is 6.97. The summed E-state index contributed by atoms with van der Waals surface area (Å²) in [5, 5.41) is 4.04. The van der Waals surface area contributed by atoms with E-state index in [1.807, 2.05) is 12.1 Å². The molecule has 2 aromatic heterocycles. The third kappa shape index (κ3) is 3.05. The standard InChI is InChI=1S/C12H14BrN3O2S/c1-8-7-17-5-4-16(8)6-11-14-12(15-18-11)9-2-3-10(13)19-9/h2-3,8H,4-7H2,1H3/t8-/m1/s1. The van der Waals surface area contributed by atoms with Gasteiger partial charge in [-0.05, 0) is 35.0 Å². The lowest BCUT2D eigenvalue weighted by molar-refractivity contribution is -0.00852. The van der Waals surface area contributed by atoms with Crippen molar-refractivity contribution in [3.63, 3.8) is 0 Å². The van der Waals surface area contributed by atoms with Crippen molar-refractivity contribution >= 4 is 27.3 Å². The molecular formula is C12H14BrN3O2S. The molecular weight excluding hydrogens is 330 g/mol. The molecule has 1 fully saturated rings. The van der Waals surface area contributed by atoms with Gasteiger partial charge in [0.15, 0.2) is 0 Å². The molecule has 3 heterocycles. The van der Waals surface area contributed by atoms with Gasteiger partial charge in [0.25, 0.3) is 0 Å². The highest BCUT2D eigenvalue weighted by molar-refractivity contribution is 9.11. The minimum Gasteiger partial charge on any atom is -0.379 e. The number of nitrogens with zero attached hydrogens (tertiary/aromatic N) is 3. The summed E-state index contributed by atoms with van der Waals surface area (Å²) in [6, 6.07) is 4.36. The predicted octanol–water partition coefficient (Wildman–Crippen LogP) is 2.78. The maximum Gasteiger partial charge on any atom is 0.241 e. The number of rotatable bonds is 3. The second kappa shape index (κ2) is 5.70. The first kappa shape index (κ1) is 13.2. The summed E-state index contributed by atoms with van der Waals surface area (Å²) in [4.78, 5) is 7.76. The maximum atomic E-state index is 5.42. The fourth-order valence-corrected chi connectivity index (χ4v) is 3.34. The van der Waals surface area contributed by atoms with Gasteiger partial charge in [0, 0.05) is 12.6 Å². The van der Waals surface area contributed by atoms with E-state index in [1.165, 1.54) is 0 Å². The van der Waals surface area contributed by atoms with Crippen molar-refractivity contribution in [2.24, 2.45) is 0 Å². The van der Waals surface area contributed by atoms with E-state index in [4.69, 9.17) is 9.26 Å². The molecule has 0 radical (unpaired) electrons. The first-order valence-corrected chi connectivity index (χ1v) is 7.73.